The number of rotatable bonds is 2. The number of aliphatic hydroxyl groups excluding tert-OH is 1. The first kappa shape index (κ1) is 13.9. The number of nitrogens with one attached hydrogen (secondary N) is 1. The molecule has 2 unspecified atom stereocenters. The van der Waals surface area contributed by atoms with Gasteiger partial charge in [0.1, 0.15) is 0 Å². The minimum atomic E-state index is -0.737. The second-order valence-electron chi connectivity index (χ2n) is 4.23. The average molecular weight is 259 g/mol. The summed E-state index contributed by atoms with van der Waals surface area (Å²) >= 11 is 4.59. The molecule has 1 aliphatic rings. The molecule has 0 radical (unpaired) electrons. The van der Waals surface area contributed by atoms with Gasteiger partial charge in [0.2, 0.25) is 0 Å². The summed E-state index contributed by atoms with van der Waals surface area (Å²) in [4.78, 5) is 24.6. The molecular weight excluding hydrogens is 242 g/mol. The molecule has 0 aromatic rings. The van der Waals surface area contributed by atoms with Crippen molar-refractivity contribution >= 4 is 29.0 Å². The third-order valence-corrected chi connectivity index (χ3v) is 2.97. The van der Waals surface area contributed by atoms with Gasteiger partial charge in [0, 0.05) is 13.1 Å². The van der Waals surface area contributed by atoms with Crippen LogP contribution >= 0.6 is 12.2 Å². The van der Waals surface area contributed by atoms with Crippen molar-refractivity contribution in [3.05, 3.63) is 0 Å². The highest BCUT2D eigenvalue weighted by molar-refractivity contribution is 7.80. The van der Waals surface area contributed by atoms with Crippen molar-refractivity contribution in [2.45, 2.75) is 19.4 Å². The summed E-state index contributed by atoms with van der Waals surface area (Å²) in [6.07, 6.45) is 0.117. The molecule has 6 nitrogen and oxygen atoms in total. The monoisotopic (exact) mass is 259 g/mol. The van der Waals surface area contributed by atoms with Gasteiger partial charge >= 0.3 is 11.8 Å². The molecule has 1 aliphatic heterocycles. The van der Waals surface area contributed by atoms with Crippen LogP contribution in [0.2, 0.25) is 0 Å². The number of piperidine rings is 1. The number of hydrogen-bond donors (Lipinski definition) is 3. The first-order valence-electron chi connectivity index (χ1n) is 5.45. The Kier molecular flexibility index (Phi) is 4.83. The van der Waals surface area contributed by atoms with Gasteiger partial charge in [0.05, 0.1) is 17.6 Å². The van der Waals surface area contributed by atoms with Gasteiger partial charge in [-0.2, -0.15) is 0 Å². The zero-order chi connectivity index (χ0) is 13.0. The lowest BCUT2D eigenvalue weighted by Gasteiger charge is -2.33. The summed E-state index contributed by atoms with van der Waals surface area (Å²) in [6, 6.07) is 0. The van der Waals surface area contributed by atoms with Crippen LogP contribution in [-0.4, -0.2) is 52.5 Å². The summed E-state index contributed by atoms with van der Waals surface area (Å²) < 4.78 is 0. The third kappa shape index (κ3) is 3.94. The van der Waals surface area contributed by atoms with Crippen LogP contribution in [0.3, 0.4) is 0 Å². The van der Waals surface area contributed by atoms with Gasteiger partial charge in [0.25, 0.3) is 0 Å². The van der Waals surface area contributed by atoms with Crippen molar-refractivity contribution in [3.8, 4) is 0 Å². The van der Waals surface area contributed by atoms with E-state index in [9.17, 15) is 14.7 Å². The number of nitrogens with two attached hydrogens (primary N) is 1. The maximum Gasteiger partial charge on any atom is 0.311 e. The van der Waals surface area contributed by atoms with Gasteiger partial charge in [-0.25, -0.2) is 0 Å². The van der Waals surface area contributed by atoms with E-state index < -0.39 is 17.9 Å². The fraction of sp³-hybridized carbons (Fsp3) is 0.700. The number of amides is 2. The Morgan fingerprint density at radius 2 is 2.24 bits per heavy atom. The number of aliphatic hydroxyl groups is 1. The molecule has 0 aromatic carbocycles. The van der Waals surface area contributed by atoms with E-state index >= 15 is 0 Å². The van der Waals surface area contributed by atoms with Crippen molar-refractivity contribution in [3.63, 3.8) is 0 Å². The SMILES string of the molecule is CC1CCN(C(=O)C(=O)NCC(N)=S)CC1O. The maximum absolute atomic E-state index is 11.7. The Morgan fingerprint density at radius 3 is 2.76 bits per heavy atom. The molecule has 2 amide bonds. The van der Waals surface area contributed by atoms with E-state index in [1.807, 2.05) is 6.92 Å². The summed E-state index contributed by atoms with van der Waals surface area (Å²) in [5.41, 5.74) is 5.21. The van der Waals surface area contributed by atoms with Gasteiger partial charge in [0.15, 0.2) is 0 Å². The van der Waals surface area contributed by atoms with E-state index in [0.717, 1.165) is 0 Å². The number of hydrogen-bond acceptors (Lipinski definition) is 4. The van der Waals surface area contributed by atoms with Gasteiger partial charge in [-0.3, -0.25) is 9.59 Å². The van der Waals surface area contributed by atoms with Crippen LogP contribution in [0.25, 0.3) is 0 Å². The molecule has 7 heteroatoms. The summed E-state index contributed by atoms with van der Waals surface area (Å²) in [7, 11) is 0. The number of carbonyl (C=O) groups is 2. The molecule has 0 aliphatic carbocycles. The first-order valence-corrected chi connectivity index (χ1v) is 5.86. The normalized spacial score (nSPS) is 24.2. The van der Waals surface area contributed by atoms with Crippen LogP contribution in [0.4, 0.5) is 0 Å². The quantitative estimate of drug-likeness (QED) is 0.419. The summed E-state index contributed by atoms with van der Waals surface area (Å²) in [6.45, 7) is 2.60. The topological polar surface area (TPSA) is 95.7 Å². The Labute approximate surface area is 105 Å². The minimum Gasteiger partial charge on any atom is -0.392 e. The fourth-order valence-electron chi connectivity index (χ4n) is 1.62. The molecule has 17 heavy (non-hydrogen) atoms. The Hall–Kier alpha value is -1.21. The van der Waals surface area contributed by atoms with Gasteiger partial charge in [-0.05, 0) is 12.3 Å². The predicted octanol–water partition coefficient (Wildman–Crippen LogP) is -1.38. The highest BCUT2D eigenvalue weighted by atomic mass is 32.1. The van der Waals surface area contributed by atoms with Crippen molar-refractivity contribution in [2.24, 2.45) is 11.7 Å². The number of nitrogens with zero attached hydrogens (tertiary/aromatic N) is 1. The fourth-order valence-corrected chi connectivity index (χ4v) is 1.69. The molecule has 4 N–H and O–H groups in total. The molecule has 96 valence electrons. The van der Waals surface area contributed by atoms with E-state index in [1.54, 1.807) is 0 Å². The van der Waals surface area contributed by atoms with Crippen molar-refractivity contribution in [2.75, 3.05) is 19.6 Å². The molecule has 0 aromatic heterocycles. The van der Waals surface area contributed by atoms with E-state index in [2.05, 4.69) is 17.5 Å². The van der Waals surface area contributed by atoms with E-state index in [4.69, 9.17) is 5.73 Å². The summed E-state index contributed by atoms with van der Waals surface area (Å²) in [5.74, 6) is -1.23. The zero-order valence-electron chi connectivity index (χ0n) is 9.68. The molecule has 1 fully saturated rings. The predicted molar refractivity (Wildman–Crippen MR) is 66.2 cm³/mol. The van der Waals surface area contributed by atoms with E-state index in [0.29, 0.717) is 13.0 Å². The maximum atomic E-state index is 11.7. The van der Waals surface area contributed by atoms with Crippen molar-refractivity contribution in [1.82, 2.24) is 10.2 Å². The number of β-amino-alcohol motifs (C(OH)–C–C–N with tert-alkyl or cyclic N) is 1. The Bertz CT molecular complexity index is 335. The second kappa shape index (κ2) is 5.92. The molecule has 1 rings (SSSR count). The number of likely N-dealkylation sites (tertiary alicyclic amines) is 1. The van der Waals surface area contributed by atoms with Gasteiger partial charge in [-0.1, -0.05) is 19.1 Å². The molecule has 1 saturated heterocycles. The molecule has 0 bridgehead atoms. The van der Waals surface area contributed by atoms with E-state index in [-0.39, 0.29) is 24.0 Å². The average Bonchev–Trinajstić information content (AvgIpc) is 2.28. The van der Waals surface area contributed by atoms with Gasteiger partial charge < -0.3 is 21.1 Å². The van der Waals surface area contributed by atoms with Crippen molar-refractivity contribution in [1.29, 1.82) is 0 Å². The van der Waals surface area contributed by atoms with Crippen LogP contribution in [0.5, 0.6) is 0 Å². The Morgan fingerprint density at radius 1 is 1.59 bits per heavy atom. The van der Waals surface area contributed by atoms with Crippen LogP contribution in [0, 0.1) is 5.92 Å². The van der Waals surface area contributed by atoms with Crippen molar-refractivity contribution < 1.29 is 14.7 Å². The highest BCUT2D eigenvalue weighted by Gasteiger charge is 2.30. The van der Waals surface area contributed by atoms with Crippen LogP contribution in [0.15, 0.2) is 0 Å². The lowest BCUT2D eigenvalue weighted by molar-refractivity contribution is -0.148. The van der Waals surface area contributed by atoms with Crippen LogP contribution in [-0.2, 0) is 9.59 Å². The number of thiocarbonyl (C=S) groups is 1. The second-order valence-corrected chi connectivity index (χ2v) is 4.76. The zero-order valence-corrected chi connectivity index (χ0v) is 10.5. The highest BCUT2D eigenvalue weighted by Crippen LogP contribution is 2.16. The lowest BCUT2D eigenvalue weighted by atomic mass is 9.96. The number of carbonyl (C=O) groups excluding carboxylic acids is 2. The van der Waals surface area contributed by atoms with Crippen LogP contribution < -0.4 is 11.1 Å². The molecule has 2 atom stereocenters. The smallest absolute Gasteiger partial charge is 0.311 e. The molecular formula is C10H17N3O3S. The molecule has 0 saturated carbocycles. The first-order chi connectivity index (χ1) is 7.91. The largest absolute Gasteiger partial charge is 0.392 e. The molecule has 0 spiro atoms. The summed E-state index contributed by atoms with van der Waals surface area (Å²) in [5, 5.41) is 12.0. The Balaban J connectivity index is 2.47. The van der Waals surface area contributed by atoms with E-state index in [1.165, 1.54) is 4.90 Å². The molecule has 1 heterocycles. The standard InChI is InChI=1S/C10H17N3O3S/c1-6-2-3-13(5-7(6)14)10(16)9(15)12-4-8(11)17/h6-7,14H,2-5H2,1H3,(H2,11,17)(H,12,15). The van der Waals surface area contributed by atoms with Gasteiger partial charge in [-0.15, -0.1) is 0 Å². The third-order valence-electron chi connectivity index (χ3n) is 2.82. The van der Waals surface area contributed by atoms with Crippen LogP contribution in [0.1, 0.15) is 13.3 Å². The lowest BCUT2D eigenvalue weighted by Crippen LogP contribution is -2.51. The minimum absolute atomic E-state index is 0.00665.